The molecule has 4 heteroatoms. The summed E-state index contributed by atoms with van der Waals surface area (Å²) < 4.78 is 0. The molecule has 0 spiro atoms. The molecule has 1 atom stereocenters. The average molecular weight is 285 g/mol. The molecule has 0 saturated heterocycles. The lowest BCUT2D eigenvalue weighted by atomic mass is 9.75. The highest BCUT2D eigenvalue weighted by Gasteiger charge is 2.27. The third-order valence-electron chi connectivity index (χ3n) is 4.37. The first-order valence-corrected chi connectivity index (χ1v) is 7.67. The Balaban J connectivity index is 1.68. The number of H-pyrrole nitrogens is 2. The minimum Gasteiger partial charge on any atom is -0.382 e. The van der Waals surface area contributed by atoms with Crippen LogP contribution in [0.1, 0.15) is 39.5 Å². The molecule has 1 aliphatic carbocycles. The quantitative estimate of drug-likeness (QED) is 0.804. The van der Waals surface area contributed by atoms with Gasteiger partial charge in [0.1, 0.15) is 0 Å². The minimum absolute atomic E-state index is 0.100. The topological polar surface area (TPSA) is 60.7 Å². The van der Waals surface area contributed by atoms with Gasteiger partial charge < -0.3 is 5.32 Å². The van der Waals surface area contributed by atoms with E-state index in [1.807, 2.05) is 12.1 Å². The summed E-state index contributed by atoms with van der Waals surface area (Å²) in [7, 11) is 0. The molecule has 4 nitrogen and oxygen atoms in total. The van der Waals surface area contributed by atoms with E-state index < -0.39 is 0 Å². The Morgan fingerprint density at radius 1 is 1.19 bits per heavy atom. The monoisotopic (exact) mass is 285 g/mol. The van der Waals surface area contributed by atoms with Gasteiger partial charge in [-0.05, 0) is 42.4 Å². The molecule has 112 valence electrons. The maximum absolute atomic E-state index is 11.2. The third kappa shape index (κ3) is 3.38. The highest BCUT2D eigenvalue weighted by atomic mass is 16.1. The second-order valence-corrected chi connectivity index (χ2v) is 6.85. The van der Waals surface area contributed by atoms with Gasteiger partial charge in [-0.1, -0.05) is 32.4 Å². The zero-order chi connectivity index (χ0) is 14.9. The molecule has 1 heterocycles. The van der Waals surface area contributed by atoms with E-state index in [2.05, 4.69) is 41.5 Å². The van der Waals surface area contributed by atoms with Crippen molar-refractivity contribution in [2.45, 2.75) is 45.6 Å². The highest BCUT2D eigenvalue weighted by molar-refractivity contribution is 5.62. The van der Waals surface area contributed by atoms with Crippen molar-refractivity contribution in [3.8, 4) is 11.3 Å². The van der Waals surface area contributed by atoms with Crippen LogP contribution < -0.4 is 10.9 Å². The fraction of sp³-hybridized carbons (Fsp3) is 0.471. The molecule has 21 heavy (non-hydrogen) atoms. The zero-order valence-electron chi connectivity index (χ0n) is 12.7. The Bertz CT molecular complexity index is 651. The van der Waals surface area contributed by atoms with Gasteiger partial charge in [0, 0.05) is 17.8 Å². The minimum atomic E-state index is -0.100. The Hall–Kier alpha value is -1.97. The number of rotatable bonds is 3. The van der Waals surface area contributed by atoms with Crippen molar-refractivity contribution in [1.29, 1.82) is 0 Å². The van der Waals surface area contributed by atoms with Crippen LogP contribution in [0, 0.1) is 5.41 Å². The van der Waals surface area contributed by atoms with Gasteiger partial charge in [0.05, 0.1) is 5.69 Å². The smallest absolute Gasteiger partial charge is 0.264 e. The molecule has 1 unspecified atom stereocenters. The summed E-state index contributed by atoms with van der Waals surface area (Å²) in [5.41, 5.74) is 3.34. The van der Waals surface area contributed by atoms with E-state index in [4.69, 9.17) is 0 Å². The summed E-state index contributed by atoms with van der Waals surface area (Å²) in [6.45, 7) is 4.71. The predicted octanol–water partition coefficient (Wildman–Crippen LogP) is 3.75. The number of benzene rings is 1. The Morgan fingerprint density at radius 2 is 1.95 bits per heavy atom. The molecule has 0 amide bonds. The van der Waals surface area contributed by atoms with Crippen molar-refractivity contribution in [2.75, 3.05) is 5.32 Å². The van der Waals surface area contributed by atoms with Crippen LogP contribution in [0.4, 0.5) is 5.69 Å². The third-order valence-corrected chi connectivity index (χ3v) is 4.37. The van der Waals surface area contributed by atoms with E-state index in [0.29, 0.717) is 11.5 Å². The van der Waals surface area contributed by atoms with Gasteiger partial charge in [0.25, 0.3) is 5.56 Å². The SMILES string of the molecule is CC1(C)CCCC(Nc2ccc(-c3cc(=O)[nH][nH]3)cc2)C1. The Morgan fingerprint density at radius 3 is 2.57 bits per heavy atom. The second-order valence-electron chi connectivity index (χ2n) is 6.85. The molecule has 0 bridgehead atoms. The summed E-state index contributed by atoms with van der Waals surface area (Å²) in [6.07, 6.45) is 5.09. The van der Waals surface area contributed by atoms with Gasteiger partial charge in [-0.2, -0.15) is 0 Å². The Labute approximate surface area is 125 Å². The van der Waals surface area contributed by atoms with Crippen molar-refractivity contribution in [1.82, 2.24) is 10.2 Å². The molecule has 0 radical (unpaired) electrons. The molecule has 1 aliphatic rings. The molecule has 1 aromatic heterocycles. The van der Waals surface area contributed by atoms with Gasteiger partial charge in [0.2, 0.25) is 0 Å². The van der Waals surface area contributed by atoms with Gasteiger partial charge in [0.15, 0.2) is 0 Å². The first-order valence-electron chi connectivity index (χ1n) is 7.67. The summed E-state index contributed by atoms with van der Waals surface area (Å²) >= 11 is 0. The van der Waals surface area contributed by atoms with Crippen LogP contribution in [-0.2, 0) is 0 Å². The first-order chi connectivity index (χ1) is 10.0. The van der Waals surface area contributed by atoms with Crippen molar-refractivity contribution in [2.24, 2.45) is 5.41 Å². The van der Waals surface area contributed by atoms with E-state index in [-0.39, 0.29) is 5.56 Å². The molecule has 3 rings (SSSR count). The maximum atomic E-state index is 11.2. The number of anilines is 1. The molecule has 0 aliphatic heterocycles. The number of aromatic amines is 2. The van der Waals surface area contributed by atoms with Crippen LogP contribution in [0.25, 0.3) is 11.3 Å². The van der Waals surface area contributed by atoms with Gasteiger partial charge in [-0.3, -0.25) is 15.0 Å². The van der Waals surface area contributed by atoms with Crippen LogP contribution >= 0.6 is 0 Å². The number of hydrogen-bond acceptors (Lipinski definition) is 2. The predicted molar refractivity (Wildman–Crippen MR) is 86.5 cm³/mol. The zero-order valence-corrected chi connectivity index (χ0v) is 12.7. The van der Waals surface area contributed by atoms with Crippen LogP contribution in [0.2, 0.25) is 0 Å². The second kappa shape index (κ2) is 5.43. The summed E-state index contributed by atoms with van der Waals surface area (Å²) in [4.78, 5) is 11.2. The van der Waals surface area contributed by atoms with Crippen LogP contribution in [-0.4, -0.2) is 16.2 Å². The summed E-state index contributed by atoms with van der Waals surface area (Å²) in [6, 6.07) is 10.4. The van der Waals surface area contributed by atoms with Crippen molar-refractivity contribution in [3.63, 3.8) is 0 Å². The number of hydrogen-bond donors (Lipinski definition) is 3. The fourth-order valence-electron chi connectivity index (χ4n) is 3.29. The summed E-state index contributed by atoms with van der Waals surface area (Å²) in [5.74, 6) is 0. The largest absolute Gasteiger partial charge is 0.382 e. The first kappa shape index (κ1) is 14.0. The van der Waals surface area contributed by atoms with Crippen LogP contribution in [0.5, 0.6) is 0 Å². The molecular formula is C17H23N3O. The van der Waals surface area contributed by atoms with Crippen LogP contribution in [0.15, 0.2) is 35.1 Å². The fourth-order valence-corrected chi connectivity index (χ4v) is 3.29. The molecule has 1 fully saturated rings. The standard InChI is InChI=1S/C17H23N3O/c1-17(2)9-3-4-14(11-17)18-13-7-5-12(6-8-13)15-10-16(21)20-19-15/h5-8,10,14,18H,3-4,9,11H2,1-2H3,(H2,19,20,21). The van der Waals surface area contributed by atoms with Gasteiger partial charge in [-0.25, -0.2) is 0 Å². The van der Waals surface area contributed by atoms with Crippen molar-refractivity contribution >= 4 is 5.69 Å². The molecule has 1 aromatic carbocycles. The lowest BCUT2D eigenvalue weighted by Gasteiger charge is -2.36. The maximum Gasteiger partial charge on any atom is 0.264 e. The lowest BCUT2D eigenvalue weighted by Crippen LogP contribution is -2.31. The van der Waals surface area contributed by atoms with E-state index in [0.717, 1.165) is 16.9 Å². The number of nitrogens with one attached hydrogen (secondary N) is 3. The van der Waals surface area contributed by atoms with E-state index >= 15 is 0 Å². The number of aromatic nitrogens is 2. The summed E-state index contributed by atoms with van der Waals surface area (Å²) in [5, 5.41) is 9.08. The van der Waals surface area contributed by atoms with Gasteiger partial charge >= 0.3 is 0 Å². The molecule has 1 saturated carbocycles. The Kier molecular flexibility index (Phi) is 3.62. The molecule has 2 aromatic rings. The van der Waals surface area contributed by atoms with E-state index in [1.54, 1.807) is 6.07 Å². The highest BCUT2D eigenvalue weighted by Crippen LogP contribution is 2.36. The average Bonchev–Trinajstić information content (AvgIpc) is 2.85. The van der Waals surface area contributed by atoms with E-state index in [1.165, 1.54) is 25.7 Å². The lowest BCUT2D eigenvalue weighted by molar-refractivity contribution is 0.229. The molecular weight excluding hydrogens is 262 g/mol. The van der Waals surface area contributed by atoms with Crippen LogP contribution in [0.3, 0.4) is 0 Å². The van der Waals surface area contributed by atoms with Crippen molar-refractivity contribution < 1.29 is 0 Å². The van der Waals surface area contributed by atoms with Gasteiger partial charge in [-0.15, -0.1) is 0 Å². The van der Waals surface area contributed by atoms with E-state index in [9.17, 15) is 4.79 Å². The molecule has 3 N–H and O–H groups in total. The van der Waals surface area contributed by atoms with Crippen molar-refractivity contribution in [3.05, 3.63) is 40.7 Å². The normalized spacial score (nSPS) is 21.1.